The molecule has 0 aromatic heterocycles. The minimum Gasteiger partial charge on any atom is -0.349 e. The molecule has 0 saturated carbocycles. The highest BCUT2D eigenvalue weighted by Gasteiger charge is 2.39. The van der Waals surface area contributed by atoms with Gasteiger partial charge < -0.3 is 10.6 Å². The lowest BCUT2D eigenvalue weighted by atomic mass is 10.1. The van der Waals surface area contributed by atoms with Crippen molar-refractivity contribution in [2.75, 3.05) is 15.5 Å². The van der Waals surface area contributed by atoms with E-state index in [4.69, 9.17) is 23.2 Å². The van der Waals surface area contributed by atoms with E-state index in [9.17, 15) is 14.4 Å². The molecule has 1 aliphatic rings. The summed E-state index contributed by atoms with van der Waals surface area (Å²) in [4.78, 5) is 39.7. The average Bonchev–Trinajstić information content (AvgIpc) is 3.08. The fourth-order valence-electron chi connectivity index (χ4n) is 3.81. The Labute approximate surface area is 219 Å². The van der Waals surface area contributed by atoms with Crippen molar-refractivity contribution in [3.05, 3.63) is 99.2 Å². The summed E-state index contributed by atoms with van der Waals surface area (Å²) in [6.07, 6.45) is 3.26. The number of hydrogen-bond acceptors (Lipinski definition) is 4. The maximum Gasteiger partial charge on any atom is 0.283 e. The van der Waals surface area contributed by atoms with Gasteiger partial charge in [-0.1, -0.05) is 54.7 Å². The topological polar surface area (TPSA) is 78.5 Å². The predicted octanol–water partition coefficient (Wildman–Crippen LogP) is 6.68. The fraction of sp³-hybridized carbons (Fsp3) is 0.179. The van der Waals surface area contributed by atoms with Crippen LogP contribution in [0.25, 0.3) is 0 Å². The van der Waals surface area contributed by atoms with E-state index in [-0.39, 0.29) is 16.6 Å². The zero-order valence-corrected chi connectivity index (χ0v) is 21.4. The smallest absolute Gasteiger partial charge is 0.283 e. The molecule has 8 heteroatoms. The molecule has 0 radical (unpaired) electrons. The van der Waals surface area contributed by atoms with Gasteiger partial charge in [0, 0.05) is 22.0 Å². The highest BCUT2D eigenvalue weighted by molar-refractivity contribution is 6.53. The van der Waals surface area contributed by atoms with Gasteiger partial charge >= 0.3 is 0 Å². The Balaban J connectivity index is 1.51. The summed E-state index contributed by atoms with van der Waals surface area (Å²) in [6, 6.07) is 19.2. The van der Waals surface area contributed by atoms with Crippen molar-refractivity contribution < 1.29 is 14.4 Å². The number of nitrogens with one attached hydrogen (secondary N) is 2. The van der Waals surface area contributed by atoms with Gasteiger partial charge in [0.2, 0.25) is 0 Å². The number of anilines is 3. The number of imide groups is 1. The van der Waals surface area contributed by atoms with Crippen LogP contribution in [0.5, 0.6) is 0 Å². The van der Waals surface area contributed by atoms with E-state index in [0.29, 0.717) is 27.6 Å². The Morgan fingerprint density at radius 1 is 0.917 bits per heavy atom. The number of halogens is 2. The van der Waals surface area contributed by atoms with Crippen LogP contribution in [0.1, 0.15) is 41.3 Å². The first kappa shape index (κ1) is 25.5. The van der Waals surface area contributed by atoms with Crippen LogP contribution < -0.4 is 15.5 Å². The second-order valence-electron chi connectivity index (χ2n) is 8.52. The summed E-state index contributed by atoms with van der Waals surface area (Å²) in [5.74, 6) is -1.53. The van der Waals surface area contributed by atoms with E-state index in [1.165, 1.54) is 5.56 Å². The van der Waals surface area contributed by atoms with Gasteiger partial charge in [0.15, 0.2) is 0 Å². The minimum atomic E-state index is -0.638. The van der Waals surface area contributed by atoms with Gasteiger partial charge in [0.1, 0.15) is 10.7 Å². The quantitative estimate of drug-likeness (QED) is 0.324. The minimum absolute atomic E-state index is 0.0556. The SMILES string of the molecule is CCCCc1ccc(NC(=O)c2ccc(C)c(NC3=C(Cl)C(=O)N(c4ccc(Cl)cc4)C3=O)c2)cc1. The summed E-state index contributed by atoms with van der Waals surface area (Å²) < 4.78 is 0. The molecule has 0 unspecified atom stereocenters. The first-order chi connectivity index (χ1) is 17.3. The highest BCUT2D eigenvalue weighted by Crippen LogP contribution is 2.31. The molecular formula is C28H25Cl2N3O3. The largest absolute Gasteiger partial charge is 0.349 e. The number of nitrogens with zero attached hydrogens (tertiary/aromatic N) is 1. The molecule has 2 N–H and O–H groups in total. The molecule has 4 rings (SSSR count). The van der Waals surface area contributed by atoms with Gasteiger partial charge in [-0.3, -0.25) is 14.4 Å². The van der Waals surface area contributed by atoms with Crippen LogP contribution in [0.2, 0.25) is 5.02 Å². The molecule has 0 atom stereocenters. The summed E-state index contributed by atoms with van der Waals surface area (Å²) in [7, 11) is 0. The summed E-state index contributed by atoms with van der Waals surface area (Å²) in [6.45, 7) is 3.98. The molecule has 184 valence electrons. The summed E-state index contributed by atoms with van der Waals surface area (Å²) >= 11 is 12.2. The number of benzene rings is 3. The van der Waals surface area contributed by atoms with Crippen molar-refractivity contribution in [3.8, 4) is 0 Å². The summed E-state index contributed by atoms with van der Waals surface area (Å²) in [5, 5.41) is 6.11. The summed E-state index contributed by atoms with van der Waals surface area (Å²) in [5.41, 5.74) is 3.87. The third-order valence-electron chi connectivity index (χ3n) is 5.90. The van der Waals surface area contributed by atoms with Crippen LogP contribution in [0.4, 0.5) is 17.1 Å². The van der Waals surface area contributed by atoms with Gasteiger partial charge in [-0.05, 0) is 79.4 Å². The lowest BCUT2D eigenvalue weighted by Crippen LogP contribution is -2.32. The van der Waals surface area contributed by atoms with Crippen molar-refractivity contribution in [1.82, 2.24) is 0 Å². The Morgan fingerprint density at radius 2 is 1.61 bits per heavy atom. The van der Waals surface area contributed by atoms with Gasteiger partial charge in [-0.2, -0.15) is 0 Å². The fourth-order valence-corrected chi connectivity index (χ4v) is 4.15. The average molecular weight is 522 g/mol. The van der Waals surface area contributed by atoms with Gasteiger partial charge in [-0.15, -0.1) is 0 Å². The molecule has 0 aliphatic carbocycles. The molecule has 3 aromatic carbocycles. The number of carbonyl (C=O) groups is 3. The predicted molar refractivity (Wildman–Crippen MR) is 145 cm³/mol. The van der Waals surface area contributed by atoms with E-state index in [2.05, 4.69) is 17.6 Å². The second-order valence-corrected chi connectivity index (χ2v) is 9.33. The molecule has 3 amide bonds. The third-order valence-corrected chi connectivity index (χ3v) is 6.50. The van der Waals surface area contributed by atoms with E-state index in [0.717, 1.165) is 29.7 Å². The molecule has 3 aromatic rings. The molecular weight excluding hydrogens is 497 g/mol. The molecule has 1 aliphatic heterocycles. The molecule has 0 fully saturated rings. The van der Waals surface area contributed by atoms with Crippen molar-refractivity contribution in [2.24, 2.45) is 0 Å². The van der Waals surface area contributed by atoms with Crippen LogP contribution in [0, 0.1) is 6.92 Å². The number of hydrogen-bond donors (Lipinski definition) is 2. The van der Waals surface area contributed by atoms with E-state index in [1.54, 1.807) is 42.5 Å². The number of amides is 3. The second kappa shape index (κ2) is 11.0. The molecule has 0 saturated heterocycles. The lowest BCUT2D eigenvalue weighted by Gasteiger charge is -2.16. The van der Waals surface area contributed by atoms with E-state index < -0.39 is 11.8 Å². The Bertz CT molecular complexity index is 1350. The van der Waals surface area contributed by atoms with Crippen molar-refractivity contribution in [2.45, 2.75) is 33.1 Å². The van der Waals surface area contributed by atoms with Crippen LogP contribution in [0.15, 0.2) is 77.5 Å². The standard InChI is InChI=1S/C28H25Cl2N3O3/c1-3-4-5-18-7-12-21(13-8-18)31-26(34)19-9-6-17(2)23(16-19)32-25-24(30)27(35)33(28(25)36)22-14-10-20(29)11-15-22/h6-16,32H,3-5H2,1-2H3,(H,31,34). The monoisotopic (exact) mass is 521 g/mol. The molecule has 0 bridgehead atoms. The van der Waals surface area contributed by atoms with Crippen molar-refractivity contribution in [3.63, 3.8) is 0 Å². The highest BCUT2D eigenvalue weighted by atomic mass is 35.5. The molecule has 1 heterocycles. The Kier molecular flexibility index (Phi) is 7.77. The van der Waals surface area contributed by atoms with Crippen LogP contribution in [-0.2, 0) is 16.0 Å². The third kappa shape index (κ3) is 5.45. The van der Waals surface area contributed by atoms with Gasteiger partial charge in [0.05, 0.1) is 5.69 Å². The number of rotatable bonds is 8. The number of aryl methyl sites for hydroxylation is 2. The first-order valence-corrected chi connectivity index (χ1v) is 12.4. The lowest BCUT2D eigenvalue weighted by molar-refractivity contribution is -0.120. The molecule has 6 nitrogen and oxygen atoms in total. The van der Waals surface area contributed by atoms with Crippen LogP contribution >= 0.6 is 23.2 Å². The van der Waals surface area contributed by atoms with Gasteiger partial charge in [0.25, 0.3) is 17.7 Å². The zero-order valence-electron chi connectivity index (χ0n) is 19.9. The maximum atomic E-state index is 13.1. The van der Waals surface area contributed by atoms with Crippen LogP contribution in [0.3, 0.4) is 0 Å². The number of unbranched alkanes of at least 4 members (excludes halogenated alkanes) is 1. The van der Waals surface area contributed by atoms with Crippen molar-refractivity contribution >= 4 is 58.0 Å². The van der Waals surface area contributed by atoms with E-state index >= 15 is 0 Å². The molecule has 0 spiro atoms. The van der Waals surface area contributed by atoms with Gasteiger partial charge in [-0.25, -0.2) is 4.90 Å². The van der Waals surface area contributed by atoms with E-state index in [1.807, 2.05) is 31.2 Å². The Morgan fingerprint density at radius 3 is 2.28 bits per heavy atom. The van der Waals surface area contributed by atoms with Crippen molar-refractivity contribution in [1.29, 1.82) is 0 Å². The van der Waals surface area contributed by atoms with Crippen LogP contribution in [-0.4, -0.2) is 17.7 Å². The number of carbonyl (C=O) groups excluding carboxylic acids is 3. The molecule has 36 heavy (non-hydrogen) atoms. The normalized spacial score (nSPS) is 13.4. The maximum absolute atomic E-state index is 13.1. The Hall–Kier alpha value is -3.61. The zero-order chi connectivity index (χ0) is 25.8. The first-order valence-electron chi connectivity index (χ1n) is 11.6.